The van der Waals surface area contributed by atoms with Crippen molar-refractivity contribution < 1.29 is 18.3 Å². The molecule has 2 rings (SSSR count). The number of nitrogens with zero attached hydrogens (tertiary/aromatic N) is 2. The van der Waals surface area contributed by atoms with Crippen LogP contribution in [0.2, 0.25) is 0 Å². The number of anilines is 1. The molecule has 0 aliphatic heterocycles. The van der Waals surface area contributed by atoms with Gasteiger partial charge < -0.3 is 10.1 Å². The Morgan fingerprint density at radius 2 is 2.21 bits per heavy atom. The van der Waals surface area contributed by atoms with E-state index in [4.69, 9.17) is 4.74 Å². The van der Waals surface area contributed by atoms with Gasteiger partial charge in [0.1, 0.15) is 5.82 Å². The van der Waals surface area contributed by atoms with Crippen molar-refractivity contribution in [1.82, 2.24) is 9.78 Å². The van der Waals surface area contributed by atoms with E-state index in [1.807, 2.05) is 0 Å². The average molecular weight is 267 g/mol. The largest absolute Gasteiger partial charge is 0.481 e. The Labute approximate surface area is 107 Å². The number of benzene rings is 1. The molecule has 1 aromatic heterocycles. The SMILES string of the molecule is Cn1ccc(NC(=O)COc2ccc(F)cc2F)n1. The van der Waals surface area contributed by atoms with Crippen LogP contribution in [0.5, 0.6) is 5.75 Å². The van der Waals surface area contributed by atoms with E-state index in [1.165, 1.54) is 4.68 Å². The van der Waals surface area contributed by atoms with Gasteiger partial charge in [-0.25, -0.2) is 8.78 Å². The third-order valence-electron chi connectivity index (χ3n) is 2.23. The Morgan fingerprint density at radius 3 is 2.84 bits per heavy atom. The van der Waals surface area contributed by atoms with Crippen molar-refractivity contribution >= 4 is 11.7 Å². The van der Waals surface area contributed by atoms with Crippen LogP contribution in [0, 0.1) is 11.6 Å². The van der Waals surface area contributed by atoms with Gasteiger partial charge in [-0.05, 0) is 12.1 Å². The number of ether oxygens (including phenoxy) is 1. The Bertz CT molecular complexity index is 598. The number of halogens is 2. The molecule has 2 aromatic rings. The standard InChI is InChI=1S/C12H11F2N3O2/c1-17-5-4-11(16-17)15-12(18)7-19-10-3-2-8(13)6-9(10)14/h2-6H,7H2,1H3,(H,15,16,18). The molecule has 0 aliphatic carbocycles. The first-order valence-corrected chi connectivity index (χ1v) is 5.42. The maximum Gasteiger partial charge on any atom is 0.263 e. The quantitative estimate of drug-likeness (QED) is 0.917. The third kappa shape index (κ3) is 3.51. The average Bonchev–Trinajstić information content (AvgIpc) is 2.73. The van der Waals surface area contributed by atoms with Crippen LogP contribution in [0.15, 0.2) is 30.5 Å². The third-order valence-corrected chi connectivity index (χ3v) is 2.23. The number of hydrogen-bond donors (Lipinski definition) is 1. The number of aryl methyl sites for hydroxylation is 1. The minimum atomic E-state index is -0.856. The minimum Gasteiger partial charge on any atom is -0.481 e. The predicted molar refractivity (Wildman–Crippen MR) is 63.7 cm³/mol. The summed E-state index contributed by atoms with van der Waals surface area (Å²) in [7, 11) is 1.71. The number of amides is 1. The fourth-order valence-electron chi connectivity index (χ4n) is 1.40. The van der Waals surface area contributed by atoms with Crippen LogP contribution in [0.3, 0.4) is 0 Å². The molecule has 0 bridgehead atoms. The molecule has 0 radical (unpaired) electrons. The van der Waals surface area contributed by atoms with Crippen molar-refractivity contribution in [2.24, 2.45) is 7.05 Å². The molecular formula is C12H11F2N3O2. The Balaban J connectivity index is 1.89. The van der Waals surface area contributed by atoms with Crippen molar-refractivity contribution in [3.8, 4) is 5.75 Å². The first-order valence-electron chi connectivity index (χ1n) is 5.42. The zero-order valence-electron chi connectivity index (χ0n) is 10.1. The normalized spacial score (nSPS) is 10.3. The molecule has 5 nitrogen and oxygen atoms in total. The molecule has 0 atom stereocenters. The highest BCUT2D eigenvalue weighted by Crippen LogP contribution is 2.17. The summed E-state index contributed by atoms with van der Waals surface area (Å²) in [6, 6.07) is 4.47. The van der Waals surface area contributed by atoms with Crippen LogP contribution < -0.4 is 10.1 Å². The maximum absolute atomic E-state index is 13.2. The van der Waals surface area contributed by atoms with E-state index in [0.29, 0.717) is 11.9 Å². The first-order chi connectivity index (χ1) is 9.04. The van der Waals surface area contributed by atoms with E-state index in [-0.39, 0.29) is 12.4 Å². The molecule has 0 aliphatic rings. The molecule has 1 heterocycles. The van der Waals surface area contributed by atoms with Crippen LogP contribution in [0.1, 0.15) is 0 Å². The highest BCUT2D eigenvalue weighted by Gasteiger charge is 2.09. The molecule has 0 saturated carbocycles. The maximum atomic E-state index is 13.2. The molecule has 0 unspecified atom stereocenters. The van der Waals surface area contributed by atoms with Crippen molar-refractivity contribution in [2.45, 2.75) is 0 Å². The van der Waals surface area contributed by atoms with Crippen molar-refractivity contribution in [3.05, 3.63) is 42.1 Å². The van der Waals surface area contributed by atoms with E-state index in [2.05, 4.69) is 10.4 Å². The Morgan fingerprint density at radius 1 is 1.42 bits per heavy atom. The molecule has 1 aromatic carbocycles. The Kier molecular flexibility index (Phi) is 3.74. The molecule has 0 saturated heterocycles. The summed E-state index contributed by atoms with van der Waals surface area (Å²) < 4.78 is 32.3. The van der Waals surface area contributed by atoms with Crippen LogP contribution in [0.4, 0.5) is 14.6 Å². The summed E-state index contributed by atoms with van der Waals surface area (Å²) in [5.41, 5.74) is 0. The highest BCUT2D eigenvalue weighted by atomic mass is 19.1. The Hall–Kier alpha value is -2.44. The van der Waals surface area contributed by atoms with Crippen LogP contribution in [-0.2, 0) is 11.8 Å². The van der Waals surface area contributed by atoms with E-state index in [0.717, 1.165) is 12.1 Å². The lowest BCUT2D eigenvalue weighted by atomic mass is 10.3. The van der Waals surface area contributed by atoms with Crippen molar-refractivity contribution in [2.75, 3.05) is 11.9 Å². The fraction of sp³-hybridized carbons (Fsp3) is 0.167. The lowest BCUT2D eigenvalue weighted by Gasteiger charge is -2.06. The first kappa shape index (κ1) is 13.0. The van der Waals surface area contributed by atoms with Crippen molar-refractivity contribution in [3.63, 3.8) is 0 Å². The topological polar surface area (TPSA) is 56.2 Å². The fourth-order valence-corrected chi connectivity index (χ4v) is 1.40. The second-order valence-corrected chi connectivity index (χ2v) is 3.79. The molecule has 0 fully saturated rings. The summed E-state index contributed by atoms with van der Waals surface area (Å²) in [5, 5.41) is 6.41. The summed E-state index contributed by atoms with van der Waals surface area (Å²) in [4.78, 5) is 11.5. The lowest BCUT2D eigenvalue weighted by Crippen LogP contribution is -2.20. The van der Waals surface area contributed by atoms with E-state index in [9.17, 15) is 13.6 Å². The van der Waals surface area contributed by atoms with Crippen LogP contribution >= 0.6 is 0 Å². The molecule has 1 N–H and O–H groups in total. The highest BCUT2D eigenvalue weighted by molar-refractivity contribution is 5.90. The number of aromatic nitrogens is 2. The molecule has 100 valence electrons. The summed E-state index contributed by atoms with van der Waals surface area (Å²) in [6.07, 6.45) is 1.66. The van der Waals surface area contributed by atoms with Crippen molar-refractivity contribution in [1.29, 1.82) is 0 Å². The lowest BCUT2D eigenvalue weighted by molar-refractivity contribution is -0.118. The van der Waals surface area contributed by atoms with Crippen LogP contribution in [-0.4, -0.2) is 22.3 Å². The van der Waals surface area contributed by atoms with Gasteiger partial charge in [-0.2, -0.15) is 5.10 Å². The number of hydrogen-bond acceptors (Lipinski definition) is 3. The van der Waals surface area contributed by atoms with Gasteiger partial charge in [0.15, 0.2) is 24.0 Å². The van der Waals surface area contributed by atoms with Gasteiger partial charge >= 0.3 is 0 Å². The number of nitrogens with one attached hydrogen (secondary N) is 1. The number of carbonyl (C=O) groups is 1. The van der Waals surface area contributed by atoms with Gasteiger partial charge in [0.05, 0.1) is 0 Å². The smallest absolute Gasteiger partial charge is 0.263 e. The molecule has 7 heteroatoms. The van der Waals surface area contributed by atoms with Crippen LogP contribution in [0.25, 0.3) is 0 Å². The van der Waals surface area contributed by atoms with E-state index >= 15 is 0 Å². The predicted octanol–water partition coefficient (Wildman–Crippen LogP) is 1.72. The summed E-state index contributed by atoms with van der Waals surface area (Å²) in [5.74, 6) is -1.86. The molecular weight excluding hydrogens is 256 g/mol. The van der Waals surface area contributed by atoms with E-state index < -0.39 is 17.5 Å². The van der Waals surface area contributed by atoms with Gasteiger partial charge in [0.2, 0.25) is 0 Å². The van der Waals surface area contributed by atoms with Gasteiger partial charge in [-0.3, -0.25) is 9.48 Å². The van der Waals surface area contributed by atoms with Gasteiger partial charge in [-0.15, -0.1) is 0 Å². The summed E-state index contributed by atoms with van der Waals surface area (Å²) >= 11 is 0. The molecule has 1 amide bonds. The molecule has 19 heavy (non-hydrogen) atoms. The zero-order chi connectivity index (χ0) is 13.8. The van der Waals surface area contributed by atoms with Gasteiger partial charge in [0.25, 0.3) is 5.91 Å². The minimum absolute atomic E-state index is 0.183. The molecule has 0 spiro atoms. The zero-order valence-corrected chi connectivity index (χ0v) is 10.1. The summed E-state index contributed by atoms with van der Waals surface area (Å²) in [6.45, 7) is -0.390. The van der Waals surface area contributed by atoms with E-state index in [1.54, 1.807) is 19.3 Å². The second kappa shape index (κ2) is 5.47. The number of carbonyl (C=O) groups excluding carboxylic acids is 1. The monoisotopic (exact) mass is 267 g/mol. The second-order valence-electron chi connectivity index (χ2n) is 3.79. The van der Waals surface area contributed by atoms with Gasteiger partial charge in [0, 0.05) is 25.4 Å². The number of rotatable bonds is 4. The van der Waals surface area contributed by atoms with Gasteiger partial charge in [-0.1, -0.05) is 0 Å².